The SMILES string of the molecule is CC(C)c1ncc(NC2CCCCC2O)c(C(=O)O)n1. The molecule has 1 saturated carbocycles. The number of aliphatic hydroxyl groups excluding tert-OH is 1. The van der Waals surface area contributed by atoms with Gasteiger partial charge in [-0.15, -0.1) is 0 Å². The van der Waals surface area contributed by atoms with Gasteiger partial charge in [0.1, 0.15) is 5.82 Å². The summed E-state index contributed by atoms with van der Waals surface area (Å²) in [5.41, 5.74) is 0.356. The highest BCUT2D eigenvalue weighted by Crippen LogP contribution is 2.24. The number of nitrogens with zero attached hydrogens (tertiary/aromatic N) is 2. The Hall–Kier alpha value is -1.69. The van der Waals surface area contributed by atoms with E-state index in [1.165, 1.54) is 6.20 Å². The monoisotopic (exact) mass is 279 g/mol. The Labute approximate surface area is 118 Å². The maximum absolute atomic E-state index is 11.3. The van der Waals surface area contributed by atoms with Gasteiger partial charge in [0.05, 0.1) is 24.0 Å². The van der Waals surface area contributed by atoms with Crippen LogP contribution >= 0.6 is 0 Å². The molecule has 3 N–H and O–H groups in total. The minimum absolute atomic E-state index is 0.0264. The maximum Gasteiger partial charge on any atom is 0.356 e. The molecule has 2 rings (SSSR count). The Morgan fingerprint density at radius 2 is 2.10 bits per heavy atom. The summed E-state index contributed by atoms with van der Waals surface area (Å²) in [5, 5.41) is 22.3. The van der Waals surface area contributed by atoms with E-state index in [2.05, 4.69) is 15.3 Å². The molecule has 2 atom stereocenters. The Balaban J connectivity index is 2.24. The van der Waals surface area contributed by atoms with E-state index >= 15 is 0 Å². The van der Waals surface area contributed by atoms with Crippen molar-refractivity contribution in [3.05, 3.63) is 17.7 Å². The van der Waals surface area contributed by atoms with Crippen molar-refractivity contribution in [1.82, 2.24) is 9.97 Å². The van der Waals surface area contributed by atoms with Crippen LogP contribution in [-0.2, 0) is 0 Å². The molecule has 0 aromatic carbocycles. The topological polar surface area (TPSA) is 95.3 Å². The third-order valence-electron chi connectivity index (χ3n) is 3.60. The highest BCUT2D eigenvalue weighted by molar-refractivity contribution is 5.91. The van der Waals surface area contributed by atoms with Crippen molar-refractivity contribution < 1.29 is 15.0 Å². The second-order valence-corrected chi connectivity index (χ2v) is 5.55. The van der Waals surface area contributed by atoms with Crippen molar-refractivity contribution in [2.24, 2.45) is 0 Å². The highest BCUT2D eigenvalue weighted by atomic mass is 16.4. The number of rotatable bonds is 4. The molecule has 1 aromatic heterocycles. The predicted molar refractivity (Wildman–Crippen MR) is 75.0 cm³/mol. The molecule has 20 heavy (non-hydrogen) atoms. The Morgan fingerprint density at radius 3 is 2.70 bits per heavy atom. The summed E-state index contributed by atoms with van der Waals surface area (Å²) in [4.78, 5) is 19.6. The molecular formula is C14H21N3O3. The molecule has 6 nitrogen and oxygen atoms in total. The summed E-state index contributed by atoms with van der Waals surface area (Å²) >= 11 is 0. The lowest BCUT2D eigenvalue weighted by Crippen LogP contribution is -2.37. The van der Waals surface area contributed by atoms with Gasteiger partial charge in [-0.1, -0.05) is 26.7 Å². The molecule has 0 bridgehead atoms. The zero-order valence-corrected chi connectivity index (χ0v) is 11.8. The smallest absolute Gasteiger partial charge is 0.356 e. The van der Waals surface area contributed by atoms with Crippen LogP contribution in [-0.4, -0.2) is 38.3 Å². The normalized spacial score (nSPS) is 22.8. The van der Waals surface area contributed by atoms with E-state index in [-0.39, 0.29) is 17.7 Å². The summed E-state index contributed by atoms with van der Waals surface area (Å²) in [6.07, 6.45) is 4.66. The van der Waals surface area contributed by atoms with Gasteiger partial charge in [0.25, 0.3) is 0 Å². The van der Waals surface area contributed by atoms with Crippen molar-refractivity contribution >= 4 is 11.7 Å². The quantitative estimate of drug-likeness (QED) is 0.780. The van der Waals surface area contributed by atoms with E-state index in [0.717, 1.165) is 25.7 Å². The fourth-order valence-electron chi connectivity index (χ4n) is 2.42. The zero-order valence-electron chi connectivity index (χ0n) is 11.8. The van der Waals surface area contributed by atoms with Crippen LogP contribution in [0.4, 0.5) is 5.69 Å². The van der Waals surface area contributed by atoms with Gasteiger partial charge in [0, 0.05) is 5.92 Å². The van der Waals surface area contributed by atoms with Crippen LogP contribution in [0.5, 0.6) is 0 Å². The van der Waals surface area contributed by atoms with Gasteiger partial charge < -0.3 is 15.5 Å². The maximum atomic E-state index is 11.3. The van der Waals surface area contributed by atoms with Gasteiger partial charge in [-0.25, -0.2) is 14.8 Å². The van der Waals surface area contributed by atoms with Gasteiger partial charge in [-0.3, -0.25) is 0 Å². The summed E-state index contributed by atoms with van der Waals surface area (Å²) in [6, 6.07) is -0.129. The standard InChI is InChI=1S/C14H21N3O3/c1-8(2)13-15-7-10(12(17-13)14(19)20)16-9-5-3-4-6-11(9)18/h7-9,11,16,18H,3-6H2,1-2H3,(H,19,20). The third-order valence-corrected chi connectivity index (χ3v) is 3.60. The first-order chi connectivity index (χ1) is 9.49. The molecule has 6 heteroatoms. The van der Waals surface area contributed by atoms with Crippen molar-refractivity contribution in [2.45, 2.75) is 57.6 Å². The number of aliphatic hydroxyl groups is 1. The zero-order chi connectivity index (χ0) is 14.7. The molecule has 0 saturated heterocycles. The average molecular weight is 279 g/mol. The second-order valence-electron chi connectivity index (χ2n) is 5.55. The summed E-state index contributed by atoms with van der Waals surface area (Å²) < 4.78 is 0. The minimum atomic E-state index is -1.08. The van der Waals surface area contributed by atoms with E-state index < -0.39 is 12.1 Å². The lowest BCUT2D eigenvalue weighted by Gasteiger charge is -2.29. The summed E-state index contributed by atoms with van der Waals surface area (Å²) in [5.74, 6) is -0.498. The van der Waals surface area contributed by atoms with Crippen LogP contribution in [0.25, 0.3) is 0 Å². The van der Waals surface area contributed by atoms with Crippen molar-refractivity contribution in [2.75, 3.05) is 5.32 Å². The van der Waals surface area contributed by atoms with E-state index in [1.54, 1.807) is 0 Å². The number of nitrogens with one attached hydrogen (secondary N) is 1. The van der Waals surface area contributed by atoms with Crippen LogP contribution in [0.15, 0.2) is 6.20 Å². The number of carboxylic acid groups (broad SMARTS) is 1. The molecule has 1 heterocycles. The number of anilines is 1. The van der Waals surface area contributed by atoms with Crippen LogP contribution in [0.1, 0.15) is 61.8 Å². The molecule has 1 aliphatic carbocycles. The highest BCUT2D eigenvalue weighted by Gasteiger charge is 2.25. The Morgan fingerprint density at radius 1 is 1.40 bits per heavy atom. The molecule has 1 aromatic rings. The van der Waals surface area contributed by atoms with Crippen molar-refractivity contribution in [3.63, 3.8) is 0 Å². The van der Waals surface area contributed by atoms with E-state index in [1.807, 2.05) is 13.8 Å². The molecule has 0 radical (unpaired) electrons. The van der Waals surface area contributed by atoms with Gasteiger partial charge in [0.15, 0.2) is 5.69 Å². The average Bonchev–Trinajstić information content (AvgIpc) is 2.41. The van der Waals surface area contributed by atoms with Gasteiger partial charge in [-0.2, -0.15) is 0 Å². The van der Waals surface area contributed by atoms with Crippen molar-refractivity contribution in [3.8, 4) is 0 Å². The fraction of sp³-hybridized carbons (Fsp3) is 0.643. The van der Waals surface area contributed by atoms with Crippen LogP contribution in [0, 0.1) is 0 Å². The van der Waals surface area contributed by atoms with Crippen molar-refractivity contribution in [1.29, 1.82) is 0 Å². The second kappa shape index (κ2) is 6.17. The van der Waals surface area contributed by atoms with Crippen LogP contribution < -0.4 is 5.32 Å². The lowest BCUT2D eigenvalue weighted by atomic mass is 9.92. The molecule has 2 unspecified atom stereocenters. The minimum Gasteiger partial charge on any atom is -0.476 e. The molecular weight excluding hydrogens is 258 g/mol. The first-order valence-electron chi connectivity index (χ1n) is 7.04. The molecule has 0 amide bonds. The number of carboxylic acids is 1. The van der Waals surface area contributed by atoms with Gasteiger partial charge in [-0.05, 0) is 12.8 Å². The van der Waals surface area contributed by atoms with E-state index in [4.69, 9.17) is 0 Å². The summed E-state index contributed by atoms with van der Waals surface area (Å²) in [6.45, 7) is 3.83. The number of aromatic carboxylic acids is 1. The number of carbonyl (C=O) groups is 1. The molecule has 0 aliphatic heterocycles. The number of aromatic nitrogens is 2. The number of hydrogen-bond donors (Lipinski definition) is 3. The third kappa shape index (κ3) is 3.25. The fourth-order valence-corrected chi connectivity index (χ4v) is 2.42. The molecule has 1 aliphatic rings. The largest absolute Gasteiger partial charge is 0.476 e. The predicted octanol–water partition coefficient (Wildman–Crippen LogP) is 2.01. The van der Waals surface area contributed by atoms with Gasteiger partial charge >= 0.3 is 5.97 Å². The van der Waals surface area contributed by atoms with Crippen LogP contribution in [0.3, 0.4) is 0 Å². The van der Waals surface area contributed by atoms with E-state index in [9.17, 15) is 15.0 Å². The molecule has 110 valence electrons. The summed E-state index contributed by atoms with van der Waals surface area (Å²) in [7, 11) is 0. The molecule has 0 spiro atoms. The first-order valence-corrected chi connectivity index (χ1v) is 7.04. The lowest BCUT2D eigenvalue weighted by molar-refractivity contribution is 0.0690. The Kier molecular flexibility index (Phi) is 4.54. The Bertz CT molecular complexity index is 491. The van der Waals surface area contributed by atoms with E-state index in [0.29, 0.717) is 11.5 Å². The molecule has 1 fully saturated rings. The number of hydrogen-bond acceptors (Lipinski definition) is 5. The first kappa shape index (κ1) is 14.7. The van der Waals surface area contributed by atoms with Gasteiger partial charge in [0.2, 0.25) is 0 Å². The van der Waals surface area contributed by atoms with Crippen LogP contribution in [0.2, 0.25) is 0 Å².